The van der Waals surface area contributed by atoms with E-state index < -0.39 is 10.8 Å². The Bertz CT molecular complexity index is 364. The first-order chi connectivity index (χ1) is 7.04. The van der Waals surface area contributed by atoms with Gasteiger partial charge in [-0.1, -0.05) is 23.2 Å². The molecular weight excluding hydrogens is 239 g/mol. The standard InChI is InChI=1S/C10H10Cl2O3/c1-6(13)15-7-3-4-9(14-2)8(5-7)10(11)12/h3-5,10H,1-2H3. The third-order valence-electron chi connectivity index (χ3n) is 1.70. The summed E-state index contributed by atoms with van der Waals surface area (Å²) >= 11 is 11.5. The van der Waals surface area contributed by atoms with Crippen molar-refractivity contribution in [3.63, 3.8) is 0 Å². The lowest BCUT2D eigenvalue weighted by molar-refractivity contribution is -0.131. The van der Waals surface area contributed by atoms with Crippen LogP contribution in [0.1, 0.15) is 17.3 Å². The van der Waals surface area contributed by atoms with Gasteiger partial charge in [0.2, 0.25) is 0 Å². The van der Waals surface area contributed by atoms with E-state index in [9.17, 15) is 4.79 Å². The van der Waals surface area contributed by atoms with E-state index in [2.05, 4.69) is 0 Å². The Balaban J connectivity index is 3.04. The average Bonchev–Trinajstić information content (AvgIpc) is 2.16. The van der Waals surface area contributed by atoms with Gasteiger partial charge < -0.3 is 9.47 Å². The first kappa shape index (κ1) is 12.1. The molecule has 3 nitrogen and oxygen atoms in total. The zero-order valence-electron chi connectivity index (χ0n) is 8.29. The van der Waals surface area contributed by atoms with Crippen molar-refractivity contribution >= 4 is 29.2 Å². The van der Waals surface area contributed by atoms with Crippen LogP contribution in [0.25, 0.3) is 0 Å². The number of carbonyl (C=O) groups is 1. The van der Waals surface area contributed by atoms with Crippen LogP contribution in [0.2, 0.25) is 0 Å². The molecule has 0 bridgehead atoms. The zero-order chi connectivity index (χ0) is 11.4. The highest BCUT2D eigenvalue weighted by molar-refractivity contribution is 6.44. The molecular formula is C10H10Cl2O3. The smallest absolute Gasteiger partial charge is 0.308 e. The molecule has 82 valence electrons. The van der Waals surface area contributed by atoms with Gasteiger partial charge in [0.25, 0.3) is 0 Å². The van der Waals surface area contributed by atoms with Crippen molar-refractivity contribution in [2.45, 2.75) is 11.8 Å². The molecule has 0 fully saturated rings. The number of benzene rings is 1. The Labute approximate surface area is 97.9 Å². The number of alkyl halides is 2. The lowest BCUT2D eigenvalue weighted by atomic mass is 10.2. The summed E-state index contributed by atoms with van der Waals surface area (Å²) in [5.74, 6) is 0.553. The average molecular weight is 249 g/mol. The minimum absolute atomic E-state index is 0.393. The first-order valence-electron chi connectivity index (χ1n) is 4.19. The summed E-state index contributed by atoms with van der Waals surface area (Å²) < 4.78 is 9.95. The predicted molar refractivity (Wildman–Crippen MR) is 58.8 cm³/mol. The van der Waals surface area contributed by atoms with Crippen molar-refractivity contribution in [2.24, 2.45) is 0 Å². The van der Waals surface area contributed by atoms with Gasteiger partial charge >= 0.3 is 5.97 Å². The fraction of sp³-hybridized carbons (Fsp3) is 0.300. The molecule has 0 aromatic heterocycles. The molecule has 0 saturated heterocycles. The molecule has 0 amide bonds. The number of methoxy groups -OCH3 is 1. The molecule has 5 heteroatoms. The van der Waals surface area contributed by atoms with Crippen molar-refractivity contribution in [1.29, 1.82) is 0 Å². The van der Waals surface area contributed by atoms with Gasteiger partial charge in [-0.2, -0.15) is 0 Å². The van der Waals surface area contributed by atoms with Crippen LogP contribution >= 0.6 is 23.2 Å². The largest absolute Gasteiger partial charge is 0.496 e. The van der Waals surface area contributed by atoms with E-state index in [1.165, 1.54) is 14.0 Å². The second-order valence-electron chi connectivity index (χ2n) is 2.80. The van der Waals surface area contributed by atoms with E-state index in [1.54, 1.807) is 18.2 Å². The van der Waals surface area contributed by atoms with Crippen molar-refractivity contribution in [3.8, 4) is 11.5 Å². The third-order valence-corrected chi connectivity index (χ3v) is 2.17. The number of hydrogen-bond acceptors (Lipinski definition) is 3. The van der Waals surface area contributed by atoms with Gasteiger partial charge in [0, 0.05) is 12.5 Å². The van der Waals surface area contributed by atoms with Crippen LogP contribution < -0.4 is 9.47 Å². The molecule has 0 N–H and O–H groups in total. The summed E-state index contributed by atoms with van der Waals surface area (Å²) in [6, 6.07) is 4.83. The van der Waals surface area contributed by atoms with Crippen molar-refractivity contribution in [3.05, 3.63) is 23.8 Å². The monoisotopic (exact) mass is 248 g/mol. The summed E-state index contributed by atoms with van der Waals surface area (Å²) in [5, 5.41) is 0. The summed E-state index contributed by atoms with van der Waals surface area (Å²) in [6.45, 7) is 1.32. The Kier molecular flexibility index (Phi) is 4.24. The van der Waals surface area contributed by atoms with Crippen LogP contribution in [0.5, 0.6) is 11.5 Å². The molecule has 1 rings (SSSR count). The van der Waals surface area contributed by atoms with Crippen LogP contribution in [0.3, 0.4) is 0 Å². The van der Waals surface area contributed by atoms with Gasteiger partial charge in [-0.15, -0.1) is 0 Å². The Hall–Kier alpha value is -0.930. The molecule has 1 aromatic rings. The van der Waals surface area contributed by atoms with E-state index in [4.69, 9.17) is 32.7 Å². The van der Waals surface area contributed by atoms with Gasteiger partial charge in [0.05, 0.1) is 7.11 Å². The summed E-state index contributed by atoms with van der Waals surface area (Å²) in [4.78, 5) is 10.0. The number of esters is 1. The first-order valence-corrected chi connectivity index (χ1v) is 5.06. The van der Waals surface area contributed by atoms with E-state index in [0.717, 1.165) is 0 Å². The normalized spacial score (nSPS) is 10.2. The summed E-state index contributed by atoms with van der Waals surface area (Å²) in [7, 11) is 1.51. The second kappa shape index (κ2) is 5.24. The molecule has 0 heterocycles. The molecule has 0 atom stereocenters. The fourth-order valence-electron chi connectivity index (χ4n) is 1.11. The van der Waals surface area contributed by atoms with E-state index in [0.29, 0.717) is 17.1 Å². The van der Waals surface area contributed by atoms with Crippen LogP contribution in [-0.2, 0) is 4.79 Å². The lowest BCUT2D eigenvalue weighted by Crippen LogP contribution is -2.02. The van der Waals surface area contributed by atoms with Gasteiger partial charge in [-0.3, -0.25) is 4.79 Å². The molecule has 0 aliphatic rings. The minimum atomic E-state index is -0.726. The van der Waals surface area contributed by atoms with Crippen molar-refractivity contribution < 1.29 is 14.3 Å². The maximum absolute atomic E-state index is 10.7. The highest BCUT2D eigenvalue weighted by Crippen LogP contribution is 2.35. The fourth-order valence-corrected chi connectivity index (χ4v) is 1.45. The van der Waals surface area contributed by atoms with Gasteiger partial charge in [0.15, 0.2) is 0 Å². The zero-order valence-corrected chi connectivity index (χ0v) is 9.80. The summed E-state index contributed by atoms with van der Waals surface area (Å²) in [5.41, 5.74) is 0.569. The maximum Gasteiger partial charge on any atom is 0.308 e. The topological polar surface area (TPSA) is 35.5 Å². The molecule has 0 unspecified atom stereocenters. The van der Waals surface area contributed by atoms with Crippen LogP contribution in [0, 0.1) is 0 Å². The number of halogens is 2. The maximum atomic E-state index is 10.7. The highest BCUT2D eigenvalue weighted by atomic mass is 35.5. The SMILES string of the molecule is COc1ccc(OC(C)=O)cc1C(Cl)Cl. The second-order valence-corrected chi connectivity index (χ2v) is 3.89. The molecule has 0 spiro atoms. The van der Waals surface area contributed by atoms with Gasteiger partial charge in [0.1, 0.15) is 16.3 Å². The van der Waals surface area contributed by atoms with Crippen molar-refractivity contribution in [2.75, 3.05) is 7.11 Å². The van der Waals surface area contributed by atoms with Crippen LogP contribution in [-0.4, -0.2) is 13.1 Å². The number of hydrogen-bond donors (Lipinski definition) is 0. The van der Waals surface area contributed by atoms with Crippen molar-refractivity contribution in [1.82, 2.24) is 0 Å². The van der Waals surface area contributed by atoms with E-state index in [-0.39, 0.29) is 0 Å². The van der Waals surface area contributed by atoms with Gasteiger partial charge in [-0.05, 0) is 18.2 Å². The molecule has 15 heavy (non-hydrogen) atoms. The van der Waals surface area contributed by atoms with E-state index in [1.807, 2.05) is 0 Å². The minimum Gasteiger partial charge on any atom is -0.496 e. The Morgan fingerprint density at radius 3 is 2.53 bits per heavy atom. The quantitative estimate of drug-likeness (QED) is 0.469. The molecule has 0 saturated carbocycles. The molecule has 0 radical (unpaired) electrons. The summed E-state index contributed by atoms with van der Waals surface area (Å²) in [6.07, 6.45) is 0. The van der Waals surface area contributed by atoms with E-state index >= 15 is 0 Å². The molecule has 0 aliphatic carbocycles. The molecule has 0 aliphatic heterocycles. The lowest BCUT2D eigenvalue weighted by Gasteiger charge is -2.10. The number of ether oxygens (including phenoxy) is 2. The number of carbonyl (C=O) groups excluding carboxylic acids is 1. The molecule has 1 aromatic carbocycles. The number of rotatable bonds is 3. The van der Waals surface area contributed by atoms with Gasteiger partial charge in [-0.25, -0.2) is 0 Å². The Morgan fingerprint density at radius 2 is 2.07 bits per heavy atom. The highest BCUT2D eigenvalue weighted by Gasteiger charge is 2.12. The van der Waals surface area contributed by atoms with Crippen LogP contribution in [0.4, 0.5) is 0 Å². The predicted octanol–water partition coefficient (Wildman–Crippen LogP) is 3.10. The van der Waals surface area contributed by atoms with Crippen LogP contribution in [0.15, 0.2) is 18.2 Å². The Morgan fingerprint density at radius 1 is 1.40 bits per heavy atom. The third kappa shape index (κ3) is 3.29.